The van der Waals surface area contributed by atoms with Crippen molar-refractivity contribution >= 4 is 33.7 Å². The Kier molecular flexibility index (Phi) is 10.3. The topological polar surface area (TPSA) is 145 Å². The van der Waals surface area contributed by atoms with Crippen LogP contribution >= 0.6 is 0 Å². The van der Waals surface area contributed by atoms with Crippen molar-refractivity contribution in [3.05, 3.63) is 25.3 Å². The number of hydrogen-bond donors (Lipinski definition) is 3. The minimum Gasteiger partial charge on any atom is -0.349 e. The molecule has 0 aromatic rings. The number of hydrogen-bond acceptors (Lipinski definition) is 6. The zero-order valence-corrected chi connectivity index (χ0v) is 25.1. The van der Waals surface area contributed by atoms with Gasteiger partial charge in [0.05, 0.1) is 6.04 Å². The molecule has 11 nitrogen and oxygen atoms in total. The van der Waals surface area contributed by atoms with Gasteiger partial charge in [-0.1, -0.05) is 46.8 Å². The number of allylic oxidation sites excluding steroid dienone is 1. The number of likely N-dealkylation sites (tertiary alicyclic amines) is 1. The van der Waals surface area contributed by atoms with Crippen LogP contribution in [0.25, 0.3) is 0 Å². The van der Waals surface area contributed by atoms with E-state index in [1.165, 1.54) is 19.0 Å². The average Bonchev–Trinajstić information content (AvgIpc) is 3.17. The molecule has 0 spiro atoms. The molecule has 2 aliphatic rings. The molecule has 220 valence electrons. The van der Waals surface area contributed by atoms with Gasteiger partial charge in [0.25, 0.3) is 16.1 Å². The van der Waals surface area contributed by atoms with E-state index in [0.29, 0.717) is 12.8 Å². The first kappa shape index (κ1) is 32.6. The molecule has 0 unspecified atom stereocenters. The Bertz CT molecular complexity index is 1090. The Hall–Kier alpha value is -2.57. The number of carbonyl (C=O) groups is 4. The summed E-state index contributed by atoms with van der Waals surface area (Å²) in [6.45, 7) is 17.1. The van der Waals surface area contributed by atoms with Crippen LogP contribution in [0.15, 0.2) is 25.3 Å². The molecule has 3 N–H and O–H groups in total. The molecular formula is C27H45N5O6S. The van der Waals surface area contributed by atoms with Gasteiger partial charge in [-0.05, 0) is 41.9 Å². The Morgan fingerprint density at radius 1 is 1.10 bits per heavy atom. The summed E-state index contributed by atoms with van der Waals surface area (Å²) >= 11 is 0. The van der Waals surface area contributed by atoms with E-state index in [1.807, 2.05) is 13.8 Å². The maximum atomic E-state index is 13.9. The lowest BCUT2D eigenvalue weighted by Gasteiger charge is -2.38. The van der Waals surface area contributed by atoms with Crippen molar-refractivity contribution in [2.24, 2.45) is 22.7 Å². The van der Waals surface area contributed by atoms with Crippen LogP contribution in [-0.2, 0) is 29.4 Å². The summed E-state index contributed by atoms with van der Waals surface area (Å²) in [7, 11) is -1.22. The molecule has 3 amide bonds. The van der Waals surface area contributed by atoms with Gasteiger partial charge in [0.15, 0.2) is 0 Å². The van der Waals surface area contributed by atoms with Crippen LogP contribution in [0.5, 0.6) is 0 Å². The normalized spacial score (nSPS) is 23.4. The molecule has 2 fully saturated rings. The fourth-order valence-corrected chi connectivity index (χ4v) is 6.14. The van der Waals surface area contributed by atoms with Gasteiger partial charge < -0.3 is 15.5 Å². The minimum atomic E-state index is -3.95. The number of nitrogens with zero attached hydrogens (tertiary/aromatic N) is 2. The summed E-state index contributed by atoms with van der Waals surface area (Å²) in [4.78, 5) is 54.4. The summed E-state index contributed by atoms with van der Waals surface area (Å²) in [6, 6.07) is -3.13. The Labute approximate surface area is 233 Å². The van der Waals surface area contributed by atoms with Gasteiger partial charge in [0.1, 0.15) is 12.1 Å². The summed E-state index contributed by atoms with van der Waals surface area (Å²) in [5, 5.41) is 5.26. The molecule has 1 aliphatic carbocycles. The fourth-order valence-electron chi connectivity index (χ4n) is 5.17. The lowest BCUT2D eigenvalue weighted by Crippen LogP contribution is -2.61. The zero-order chi connectivity index (χ0) is 29.9. The van der Waals surface area contributed by atoms with Crippen molar-refractivity contribution in [2.45, 2.75) is 72.0 Å². The highest BCUT2D eigenvalue weighted by atomic mass is 32.2. The highest BCUT2D eigenvalue weighted by Crippen LogP contribution is 2.65. The third-order valence-corrected chi connectivity index (χ3v) is 9.27. The van der Waals surface area contributed by atoms with Crippen molar-refractivity contribution in [1.29, 1.82) is 0 Å². The summed E-state index contributed by atoms with van der Waals surface area (Å²) in [5.41, 5.74) is -1.00. The van der Waals surface area contributed by atoms with E-state index in [4.69, 9.17) is 0 Å². The number of ketones is 1. The number of fused-ring (bicyclic) bond motifs is 1. The number of rotatable bonds is 14. The van der Waals surface area contributed by atoms with Crippen LogP contribution in [0.4, 0.5) is 0 Å². The third kappa shape index (κ3) is 7.34. The molecule has 39 heavy (non-hydrogen) atoms. The van der Waals surface area contributed by atoms with Gasteiger partial charge in [-0.2, -0.15) is 17.4 Å². The highest BCUT2D eigenvalue weighted by Gasteiger charge is 2.70. The molecule has 1 saturated heterocycles. The second-order valence-corrected chi connectivity index (χ2v) is 14.1. The Balaban J connectivity index is 2.34. The molecule has 0 bridgehead atoms. The van der Waals surface area contributed by atoms with Crippen LogP contribution in [0, 0.1) is 22.7 Å². The number of carbonyl (C=O) groups excluding carboxylic acids is 4. The van der Waals surface area contributed by atoms with Gasteiger partial charge in [0.2, 0.25) is 17.6 Å². The first-order valence-electron chi connectivity index (χ1n) is 13.3. The van der Waals surface area contributed by atoms with Crippen molar-refractivity contribution in [2.75, 3.05) is 27.2 Å². The van der Waals surface area contributed by atoms with Gasteiger partial charge in [-0.15, -0.1) is 13.2 Å². The molecule has 5 atom stereocenters. The molecular weight excluding hydrogens is 522 g/mol. The number of nitrogens with one attached hydrogen (secondary N) is 3. The number of piperidine rings is 1. The standard InChI is InChI=1S/C27H45N5O6S/c1-10-12-14-18(21(33)24(35)28-15-13-11-2)29-23(34)20-19-17(27(19,6)7)16-32(20)25(36)22(26(3,4)5)30-39(37,38)31(8)9/h10-11,17-20,22,30H,1-2,12-16H2,3-9H3,(H,28,35)(H,29,34)/t17-,18-,19-,20-,22+/m0/s1. The Morgan fingerprint density at radius 2 is 1.69 bits per heavy atom. The van der Waals surface area contributed by atoms with Gasteiger partial charge in [-0.3, -0.25) is 19.2 Å². The van der Waals surface area contributed by atoms with E-state index < -0.39 is 57.3 Å². The smallest absolute Gasteiger partial charge is 0.289 e. The maximum Gasteiger partial charge on any atom is 0.289 e. The van der Waals surface area contributed by atoms with Crippen molar-refractivity contribution in [1.82, 2.24) is 24.6 Å². The largest absolute Gasteiger partial charge is 0.349 e. The van der Waals surface area contributed by atoms with Gasteiger partial charge in [-0.25, -0.2) is 0 Å². The predicted octanol–water partition coefficient (Wildman–Crippen LogP) is 0.993. The number of Topliss-reactive ketones (excluding diaryl/α,β-unsaturated/α-hetero) is 1. The van der Waals surface area contributed by atoms with Crippen LogP contribution < -0.4 is 15.4 Å². The molecule has 2 rings (SSSR count). The molecule has 1 saturated carbocycles. The van der Waals surface area contributed by atoms with E-state index in [0.717, 1.165) is 4.31 Å². The third-order valence-electron chi connectivity index (χ3n) is 7.77. The molecule has 0 aromatic heterocycles. The van der Waals surface area contributed by atoms with Crippen LogP contribution in [0.3, 0.4) is 0 Å². The van der Waals surface area contributed by atoms with Crippen molar-refractivity contribution < 1.29 is 27.6 Å². The lowest BCUT2D eigenvalue weighted by molar-refractivity contribution is -0.145. The first-order chi connectivity index (χ1) is 17.9. The first-order valence-corrected chi connectivity index (χ1v) is 14.7. The maximum absolute atomic E-state index is 13.9. The van der Waals surface area contributed by atoms with Crippen LogP contribution in [-0.4, -0.2) is 86.4 Å². The predicted molar refractivity (Wildman–Crippen MR) is 149 cm³/mol. The minimum absolute atomic E-state index is 0.0489. The van der Waals surface area contributed by atoms with Gasteiger partial charge in [0, 0.05) is 27.2 Å². The average molecular weight is 568 g/mol. The fraction of sp³-hybridized carbons (Fsp3) is 0.704. The van der Waals surface area contributed by atoms with Gasteiger partial charge >= 0.3 is 0 Å². The van der Waals surface area contributed by atoms with E-state index in [9.17, 15) is 27.6 Å². The molecule has 1 heterocycles. The monoisotopic (exact) mass is 567 g/mol. The highest BCUT2D eigenvalue weighted by molar-refractivity contribution is 7.87. The molecule has 1 aliphatic heterocycles. The van der Waals surface area contributed by atoms with Crippen LogP contribution in [0.1, 0.15) is 53.9 Å². The number of amides is 3. The molecule has 0 radical (unpaired) electrons. The second kappa shape index (κ2) is 12.3. The Morgan fingerprint density at radius 3 is 2.21 bits per heavy atom. The molecule has 12 heteroatoms. The van der Waals surface area contributed by atoms with Crippen molar-refractivity contribution in [3.63, 3.8) is 0 Å². The van der Waals surface area contributed by atoms with E-state index in [2.05, 4.69) is 28.5 Å². The lowest BCUT2D eigenvalue weighted by atomic mass is 9.86. The van der Waals surface area contributed by atoms with E-state index in [-0.39, 0.29) is 36.8 Å². The summed E-state index contributed by atoms with van der Waals surface area (Å²) in [6.07, 6.45) is 4.27. The summed E-state index contributed by atoms with van der Waals surface area (Å²) < 4.78 is 28.8. The molecule has 0 aromatic carbocycles. The van der Waals surface area contributed by atoms with Crippen molar-refractivity contribution in [3.8, 4) is 0 Å². The quantitative estimate of drug-likeness (QED) is 0.162. The van der Waals surface area contributed by atoms with Crippen LogP contribution in [0.2, 0.25) is 0 Å². The second-order valence-electron chi connectivity index (χ2n) is 12.2. The summed E-state index contributed by atoms with van der Waals surface area (Å²) in [5.74, 6) is -2.74. The van der Waals surface area contributed by atoms with E-state index in [1.54, 1.807) is 32.9 Å². The van der Waals surface area contributed by atoms with E-state index >= 15 is 0 Å². The SMILES string of the molecule is C=CCCNC(=O)C(=O)[C@H](CCC=C)NC(=O)[C@@H]1[C@@H]2[C@H](CN1C(=O)[C@@H](NS(=O)(=O)N(C)C)C(C)(C)C)C2(C)C. The zero-order valence-electron chi connectivity index (χ0n) is 24.2.